The number of benzene rings is 2. The summed E-state index contributed by atoms with van der Waals surface area (Å²) in [5.41, 5.74) is 2.89. The van der Waals surface area contributed by atoms with Crippen LogP contribution in [0.1, 0.15) is 24.0 Å². The molecule has 1 aliphatic carbocycles. The molecule has 0 heterocycles. The molecule has 3 N–H and O–H groups in total. The first-order valence-electron chi connectivity index (χ1n) is 9.98. The Morgan fingerprint density at radius 3 is 2.22 bits per heavy atom. The van der Waals surface area contributed by atoms with Crippen LogP contribution in [0.4, 0.5) is 4.79 Å². The van der Waals surface area contributed by atoms with Gasteiger partial charge in [-0.05, 0) is 35.1 Å². The van der Waals surface area contributed by atoms with Gasteiger partial charge in [0.15, 0.2) is 5.54 Å². The zero-order chi connectivity index (χ0) is 23.1. The third kappa shape index (κ3) is 5.07. The molecule has 0 spiro atoms. The van der Waals surface area contributed by atoms with E-state index in [2.05, 4.69) is 34.6 Å². The maximum atomic E-state index is 12.1. The van der Waals surface area contributed by atoms with Crippen molar-refractivity contribution in [2.45, 2.75) is 18.4 Å². The van der Waals surface area contributed by atoms with Crippen LogP contribution in [0.5, 0.6) is 0 Å². The van der Waals surface area contributed by atoms with Crippen molar-refractivity contribution in [1.82, 2.24) is 10.6 Å². The highest BCUT2D eigenvalue weighted by Gasteiger charge is 2.34. The molecule has 8 nitrogen and oxygen atoms in total. The van der Waals surface area contributed by atoms with Gasteiger partial charge in [-0.1, -0.05) is 54.5 Å². The minimum absolute atomic E-state index is 0.0560. The first kappa shape index (κ1) is 22.8. The van der Waals surface area contributed by atoms with E-state index in [1.165, 1.54) is 14.0 Å². The van der Waals surface area contributed by atoms with Crippen molar-refractivity contribution in [1.29, 1.82) is 0 Å². The second-order valence-corrected chi connectivity index (χ2v) is 7.51. The van der Waals surface area contributed by atoms with E-state index >= 15 is 0 Å². The van der Waals surface area contributed by atoms with Crippen LogP contribution in [-0.4, -0.2) is 55.5 Å². The summed E-state index contributed by atoms with van der Waals surface area (Å²) in [4.78, 5) is 35.2. The molecule has 0 radical (unpaired) electrons. The predicted molar refractivity (Wildman–Crippen MR) is 117 cm³/mol. The molecule has 32 heavy (non-hydrogen) atoms. The summed E-state index contributed by atoms with van der Waals surface area (Å²) in [6.45, 7) is 1.14. The van der Waals surface area contributed by atoms with E-state index in [0.29, 0.717) is 0 Å². The van der Waals surface area contributed by atoms with E-state index in [-0.39, 0.29) is 25.7 Å². The summed E-state index contributed by atoms with van der Waals surface area (Å²) in [7, 11) is 1.33. The van der Waals surface area contributed by atoms with Crippen molar-refractivity contribution in [3.05, 3.63) is 59.7 Å². The number of carboxylic acids is 1. The lowest BCUT2D eigenvalue weighted by Gasteiger charge is -2.23. The van der Waals surface area contributed by atoms with Crippen LogP contribution in [0.3, 0.4) is 0 Å². The monoisotopic (exact) mass is 436 g/mol. The lowest BCUT2D eigenvalue weighted by atomic mass is 9.98. The molecule has 2 aromatic carbocycles. The van der Waals surface area contributed by atoms with Crippen molar-refractivity contribution in [3.63, 3.8) is 0 Å². The number of aliphatic carboxylic acids is 1. The summed E-state index contributed by atoms with van der Waals surface area (Å²) >= 11 is 0. The fourth-order valence-electron chi connectivity index (χ4n) is 3.61. The fourth-order valence-corrected chi connectivity index (χ4v) is 3.61. The lowest BCUT2D eigenvalue weighted by Crippen LogP contribution is -2.55. The maximum Gasteiger partial charge on any atom is 0.407 e. The minimum Gasteiger partial charge on any atom is -0.479 e. The minimum atomic E-state index is -1.60. The zero-order valence-corrected chi connectivity index (χ0v) is 17.8. The quantitative estimate of drug-likeness (QED) is 0.573. The Labute approximate surface area is 185 Å². The van der Waals surface area contributed by atoms with Crippen LogP contribution in [0, 0.1) is 11.8 Å². The normalized spacial score (nSPS) is 13.6. The molecule has 2 aromatic rings. The largest absolute Gasteiger partial charge is 0.479 e. The van der Waals surface area contributed by atoms with Gasteiger partial charge in [0, 0.05) is 13.0 Å². The van der Waals surface area contributed by atoms with Gasteiger partial charge in [-0.3, -0.25) is 4.79 Å². The standard InChI is InChI=1S/C24H24N2O6/c1-24(15-31-2,22(28)29)26-21(27)12-7-13-25-23(30)32-14-20-18-10-5-3-8-16(18)17-9-4-6-11-19(17)20/h3-6,8-11,20H,13-15H2,1-2H3,(H,25,30)(H,26,27)(H,28,29). The Hall–Kier alpha value is -3.83. The number of carbonyl (C=O) groups excluding carboxylic acids is 2. The molecule has 1 aliphatic rings. The number of carbonyl (C=O) groups is 3. The maximum absolute atomic E-state index is 12.1. The lowest BCUT2D eigenvalue weighted by molar-refractivity contribution is -0.148. The van der Waals surface area contributed by atoms with Crippen LogP contribution in [0.15, 0.2) is 48.5 Å². The van der Waals surface area contributed by atoms with E-state index in [0.717, 1.165) is 22.3 Å². The summed E-state index contributed by atoms with van der Waals surface area (Å²) in [5.74, 6) is 2.62. The van der Waals surface area contributed by atoms with Gasteiger partial charge in [-0.25, -0.2) is 9.59 Å². The Morgan fingerprint density at radius 1 is 1.06 bits per heavy atom. The average Bonchev–Trinajstić information content (AvgIpc) is 3.09. The highest BCUT2D eigenvalue weighted by atomic mass is 16.5. The molecule has 8 heteroatoms. The first-order valence-corrected chi connectivity index (χ1v) is 9.98. The van der Waals surface area contributed by atoms with E-state index in [4.69, 9.17) is 9.47 Å². The van der Waals surface area contributed by atoms with E-state index in [9.17, 15) is 19.5 Å². The molecule has 3 rings (SSSR count). The number of carboxylic acid groups (broad SMARTS) is 1. The third-order valence-corrected chi connectivity index (χ3v) is 5.16. The van der Waals surface area contributed by atoms with Crippen molar-refractivity contribution in [3.8, 4) is 23.0 Å². The summed E-state index contributed by atoms with van der Waals surface area (Å²) in [6, 6.07) is 16.0. The van der Waals surface area contributed by atoms with Crippen LogP contribution in [0.2, 0.25) is 0 Å². The summed E-state index contributed by atoms with van der Waals surface area (Å²) in [6.07, 6.45) is -0.656. The van der Waals surface area contributed by atoms with Crippen molar-refractivity contribution >= 4 is 18.0 Å². The van der Waals surface area contributed by atoms with Gasteiger partial charge in [0.1, 0.15) is 6.61 Å². The van der Waals surface area contributed by atoms with Gasteiger partial charge in [0.2, 0.25) is 0 Å². The zero-order valence-electron chi connectivity index (χ0n) is 17.8. The second-order valence-electron chi connectivity index (χ2n) is 7.51. The van der Waals surface area contributed by atoms with Crippen LogP contribution < -0.4 is 10.6 Å². The van der Waals surface area contributed by atoms with Crippen LogP contribution >= 0.6 is 0 Å². The Morgan fingerprint density at radius 2 is 1.66 bits per heavy atom. The summed E-state index contributed by atoms with van der Waals surface area (Å²) in [5, 5.41) is 14.0. The number of hydrogen-bond acceptors (Lipinski definition) is 5. The topological polar surface area (TPSA) is 114 Å². The molecule has 0 bridgehead atoms. The fraction of sp³-hybridized carbons (Fsp3) is 0.292. The highest BCUT2D eigenvalue weighted by molar-refractivity contribution is 5.97. The second kappa shape index (κ2) is 9.98. The number of rotatable bonds is 7. The third-order valence-electron chi connectivity index (χ3n) is 5.16. The Balaban J connectivity index is 1.51. The van der Waals surface area contributed by atoms with Gasteiger partial charge in [-0.15, -0.1) is 0 Å². The van der Waals surface area contributed by atoms with Crippen molar-refractivity contribution in [2.75, 3.05) is 26.9 Å². The van der Waals surface area contributed by atoms with Gasteiger partial charge >= 0.3 is 12.1 Å². The van der Waals surface area contributed by atoms with Crippen molar-refractivity contribution < 1.29 is 29.0 Å². The summed E-state index contributed by atoms with van der Waals surface area (Å²) < 4.78 is 10.2. The average molecular weight is 436 g/mol. The Kier molecular flexibility index (Phi) is 7.13. The molecular weight excluding hydrogens is 412 g/mol. The smallest absolute Gasteiger partial charge is 0.407 e. The van der Waals surface area contributed by atoms with Crippen molar-refractivity contribution in [2.24, 2.45) is 0 Å². The van der Waals surface area contributed by atoms with Gasteiger partial charge < -0.3 is 25.2 Å². The van der Waals surface area contributed by atoms with Gasteiger partial charge in [0.05, 0.1) is 13.2 Å². The molecule has 0 aromatic heterocycles. The molecule has 1 unspecified atom stereocenters. The molecule has 2 amide bonds. The van der Waals surface area contributed by atoms with Crippen LogP contribution in [-0.2, 0) is 19.1 Å². The van der Waals surface area contributed by atoms with Crippen LogP contribution in [0.25, 0.3) is 11.1 Å². The number of alkyl carbamates (subject to hydrolysis) is 1. The van der Waals surface area contributed by atoms with E-state index in [1.807, 2.05) is 36.4 Å². The van der Waals surface area contributed by atoms with Gasteiger partial charge in [-0.2, -0.15) is 0 Å². The number of fused-ring (bicyclic) bond motifs is 3. The molecular formula is C24H24N2O6. The van der Waals surface area contributed by atoms with E-state index < -0.39 is 23.5 Å². The number of nitrogens with one attached hydrogen (secondary N) is 2. The molecule has 166 valence electrons. The SMILES string of the molecule is COCC(C)(NC(=O)C#CCNC(=O)OCC1c2ccccc2-c2ccccc21)C(=O)O. The Bertz CT molecular complexity index is 1040. The number of methoxy groups -OCH3 is 1. The van der Waals surface area contributed by atoms with Gasteiger partial charge in [0.25, 0.3) is 5.91 Å². The van der Waals surface area contributed by atoms with E-state index in [1.54, 1.807) is 0 Å². The molecule has 0 saturated carbocycles. The molecule has 0 saturated heterocycles. The predicted octanol–water partition coefficient (Wildman–Crippen LogP) is 2.13. The number of hydrogen-bond donors (Lipinski definition) is 3. The number of ether oxygens (including phenoxy) is 2. The highest BCUT2D eigenvalue weighted by Crippen LogP contribution is 2.44. The molecule has 0 aliphatic heterocycles. The molecule has 1 atom stereocenters. The first-order chi connectivity index (χ1) is 15.4. The molecule has 0 fully saturated rings. The number of amides is 2.